The van der Waals surface area contributed by atoms with Crippen LogP contribution in [0, 0.1) is 33.5 Å². The minimum Gasteiger partial charge on any atom is -0.480 e. The van der Waals surface area contributed by atoms with Crippen molar-refractivity contribution < 1.29 is 71.9 Å². The first-order valence-corrected chi connectivity index (χ1v) is 41.6. The first-order valence-electron chi connectivity index (χ1n) is 40.8. The Morgan fingerprint density at radius 1 is 0.462 bits per heavy atom. The topological polar surface area (TPSA) is 330 Å². The summed E-state index contributed by atoms with van der Waals surface area (Å²) in [5.74, 6) is -0.866. The van der Waals surface area contributed by atoms with Crippen LogP contribution in [0.3, 0.4) is 0 Å². The number of guanidine groups is 2. The number of aliphatic carboxylic acids is 1. The van der Waals surface area contributed by atoms with Gasteiger partial charge in [0.2, 0.25) is 17.8 Å². The molecular weight excluding hydrogens is 1530 g/mol. The average molecular weight is 1650 g/mol. The second kappa shape index (κ2) is 46.6. The van der Waals surface area contributed by atoms with Crippen LogP contribution in [0.4, 0.5) is 28.8 Å². The second-order valence-electron chi connectivity index (χ2n) is 32.5. The maximum atomic E-state index is 14.2. The number of ether oxygens (including phenoxy) is 6. The third-order valence-electron chi connectivity index (χ3n) is 21.7. The lowest BCUT2D eigenvalue weighted by Gasteiger charge is -2.49. The predicted molar refractivity (Wildman–Crippen MR) is 450 cm³/mol. The maximum Gasteiger partial charge on any atom is 0.416 e. The quantitative estimate of drug-likeness (QED) is 0.0142. The molecule has 0 spiro atoms. The molecular formula is C90H118Cl2N10O15. The van der Waals surface area contributed by atoms with Crippen LogP contribution >= 0.6 is 23.2 Å². The molecule has 2 atom stereocenters. The second-order valence-corrected chi connectivity index (χ2v) is 33.4. The monoisotopic (exact) mass is 1650 g/mol. The Hall–Kier alpha value is -10.2. The fourth-order valence-corrected chi connectivity index (χ4v) is 15.9. The molecule has 2 saturated carbocycles. The Labute approximate surface area is 698 Å². The molecule has 4 fully saturated rings. The van der Waals surface area contributed by atoms with E-state index in [1.54, 1.807) is 77.9 Å². The van der Waals surface area contributed by atoms with Gasteiger partial charge in [0.1, 0.15) is 49.7 Å². The normalized spacial score (nSPS) is 15.8. The van der Waals surface area contributed by atoms with Crippen LogP contribution in [0.25, 0.3) is 0 Å². The van der Waals surface area contributed by atoms with Crippen LogP contribution in [0.1, 0.15) is 190 Å². The summed E-state index contributed by atoms with van der Waals surface area (Å²) in [4.78, 5) is 106. The van der Waals surface area contributed by atoms with Crippen LogP contribution in [0.5, 0.6) is 0 Å². The summed E-state index contributed by atoms with van der Waals surface area (Å²) in [7, 11) is 0. The van der Waals surface area contributed by atoms with Gasteiger partial charge in [0.05, 0.1) is 0 Å². The van der Waals surface area contributed by atoms with Gasteiger partial charge in [-0.1, -0.05) is 207 Å². The molecule has 0 aromatic heterocycles. The highest BCUT2D eigenvalue weighted by Gasteiger charge is 2.44. The molecule has 8 N–H and O–H groups in total. The van der Waals surface area contributed by atoms with Gasteiger partial charge in [0, 0.05) is 49.1 Å². The fraction of sp³-hybridized carbons (Fsp3) is 0.489. The molecule has 27 heteroatoms. The number of hydrogen-bond acceptors (Lipinski definition) is 17. The molecule has 1 unspecified atom stereocenters. The van der Waals surface area contributed by atoms with Gasteiger partial charge in [0.15, 0.2) is 0 Å². The van der Waals surface area contributed by atoms with Crippen molar-refractivity contribution in [3.05, 3.63) is 213 Å². The Bertz CT molecular complexity index is 4110. The Morgan fingerprint density at radius 2 is 0.795 bits per heavy atom. The zero-order valence-corrected chi connectivity index (χ0v) is 70.0. The lowest BCUT2D eigenvalue weighted by Crippen LogP contribution is -2.54. The Kier molecular flexibility index (Phi) is 36.8. The fourth-order valence-electron chi connectivity index (χ4n) is 15.7. The van der Waals surface area contributed by atoms with Crippen molar-refractivity contribution in [2.75, 3.05) is 39.3 Å². The first kappa shape index (κ1) is 92.3. The number of rotatable bonds is 26. The van der Waals surface area contributed by atoms with E-state index in [1.165, 1.54) is 43.4 Å². The zero-order chi connectivity index (χ0) is 84.2. The van der Waals surface area contributed by atoms with Crippen LogP contribution < -0.4 is 26.6 Å². The molecule has 0 bridgehead atoms. The van der Waals surface area contributed by atoms with E-state index in [1.807, 2.05) is 138 Å². The van der Waals surface area contributed by atoms with Gasteiger partial charge >= 0.3 is 42.5 Å². The number of carboxylic acids is 1. The summed E-state index contributed by atoms with van der Waals surface area (Å²) < 4.78 is 32.4. The Morgan fingerprint density at radius 3 is 1.15 bits per heavy atom. The molecule has 10 rings (SSSR count). The first-order chi connectivity index (χ1) is 56.0. The largest absolute Gasteiger partial charge is 0.480 e. The number of halogens is 2. The average Bonchev–Trinajstić information content (AvgIpc) is 0.791. The van der Waals surface area contributed by atoms with Crippen molar-refractivity contribution in [3.8, 4) is 0 Å². The van der Waals surface area contributed by atoms with Crippen molar-refractivity contribution >= 4 is 83.6 Å². The predicted octanol–water partition coefficient (Wildman–Crippen LogP) is 18.3. The Balaban J connectivity index is 0.000000247. The standard InChI is InChI=1S/C45H58ClN5O7.C31H42N4O4.C14H18ClNO4/c1-44(2,3)58-42(54)48-38(30-33-20-22-37(46)23-21-33)39(52)50-28-25-45(26-29-50,36-18-11-6-12-19-36)24-13-27-51(43(55)57-32-35-16-9-5-10-17-35)40(47)49-41(53)56-31-34-14-7-4-8-15-34;32-28(34-29(36)38-23-25-11-4-1-5-12-25)35(30(37)39-24-26-13-6-2-7-14-26)22-10-17-31(18-20-33-21-19-31)27-15-8-3-9-16-27;1-14(2,3)20-13(19)16-11(12(17)18)8-9-4-6-10(15)7-5-9/h4-5,7-10,14-17,20-23,36,38H,6,11-13,18-19,24-32H2,1-3H3,(H,48,54)(H2,47,49,53);1-2,4-7,11-14,27,33H,3,8-10,15-24H2,(H2,32,34,36);4-7,11H,8H2,1-3H3,(H,16,19)(H,17,18)/t;;11-/m..1/s1. The zero-order valence-electron chi connectivity index (χ0n) is 68.4. The number of likely N-dealkylation sites (tertiary alicyclic amines) is 1. The number of carboxylic acid groups (broad SMARTS) is 1. The minimum atomic E-state index is -1.12. The van der Waals surface area contributed by atoms with E-state index in [0.717, 1.165) is 128 Å². The van der Waals surface area contributed by atoms with Crippen LogP contribution in [-0.4, -0.2) is 143 Å². The number of carbonyl (C=O) groups is 8. The molecule has 6 aromatic carbocycles. The summed E-state index contributed by atoms with van der Waals surface area (Å²) in [5.41, 5.74) is 3.70. The van der Waals surface area contributed by atoms with E-state index in [-0.39, 0.29) is 68.5 Å². The SMILES string of the molecule is CC(C)(C)OC(=O)NC(Cc1ccc(Cl)cc1)C(=O)N1CCC(CCCN(C(=N)NC(=O)OCc2ccccc2)C(=O)OCc2ccccc2)(C2CCCCC2)CC1.CC(C)(C)OC(=O)N[C@H](Cc1ccc(Cl)cc1)C(=O)O.N=C(NC(=O)OCc1ccccc1)N(CCCC1(C2CCCCC2)CCNCC1)C(=O)OCc1ccccc1. The summed E-state index contributed by atoms with van der Waals surface area (Å²) in [6.07, 6.45) is 15.1. The van der Waals surface area contributed by atoms with Crippen molar-refractivity contribution in [1.82, 2.24) is 41.3 Å². The van der Waals surface area contributed by atoms with Gasteiger partial charge in [-0.3, -0.25) is 26.2 Å². The van der Waals surface area contributed by atoms with E-state index in [2.05, 4.69) is 26.6 Å². The van der Waals surface area contributed by atoms with Crippen LogP contribution in [0.15, 0.2) is 170 Å². The lowest BCUT2D eigenvalue weighted by molar-refractivity contribution is -0.139. The van der Waals surface area contributed by atoms with Crippen molar-refractivity contribution in [1.29, 1.82) is 10.8 Å². The number of nitrogens with one attached hydrogen (secondary N) is 7. The van der Waals surface area contributed by atoms with E-state index < -0.39 is 71.8 Å². The summed E-state index contributed by atoms with van der Waals surface area (Å²) in [5, 5.41) is 41.2. The summed E-state index contributed by atoms with van der Waals surface area (Å²) >= 11 is 11.9. The molecule has 25 nitrogen and oxygen atoms in total. The number of hydrogen-bond donors (Lipinski definition) is 8. The minimum absolute atomic E-state index is 0.0135. The van der Waals surface area contributed by atoms with Gasteiger partial charge in [-0.2, -0.15) is 0 Å². The lowest BCUT2D eigenvalue weighted by atomic mass is 9.61. The van der Waals surface area contributed by atoms with Gasteiger partial charge in [0.25, 0.3) is 0 Å². The van der Waals surface area contributed by atoms with Gasteiger partial charge in [-0.25, -0.2) is 43.4 Å². The highest BCUT2D eigenvalue weighted by Crippen LogP contribution is 2.50. The van der Waals surface area contributed by atoms with Crippen molar-refractivity contribution in [2.24, 2.45) is 22.7 Å². The molecule has 2 aliphatic carbocycles. The number of amides is 7. The highest BCUT2D eigenvalue weighted by molar-refractivity contribution is 6.30. The molecule has 4 aliphatic rings. The van der Waals surface area contributed by atoms with Gasteiger partial charge in [-0.15, -0.1) is 0 Å². The number of alkyl carbamates (subject to hydrolysis) is 4. The van der Waals surface area contributed by atoms with Crippen LogP contribution in [0.2, 0.25) is 10.0 Å². The van der Waals surface area contributed by atoms with Crippen molar-refractivity contribution in [3.63, 3.8) is 0 Å². The summed E-state index contributed by atoms with van der Waals surface area (Å²) in [6, 6.07) is 49.4. The van der Waals surface area contributed by atoms with E-state index in [9.17, 15) is 38.4 Å². The van der Waals surface area contributed by atoms with E-state index in [0.29, 0.717) is 42.0 Å². The number of carbonyl (C=O) groups excluding carboxylic acids is 7. The summed E-state index contributed by atoms with van der Waals surface area (Å²) in [6.45, 7) is 14.2. The molecule has 6 aromatic rings. The molecule has 117 heavy (non-hydrogen) atoms. The smallest absolute Gasteiger partial charge is 0.416 e. The van der Waals surface area contributed by atoms with Gasteiger partial charge in [-0.05, 0) is 212 Å². The van der Waals surface area contributed by atoms with E-state index in [4.69, 9.17) is 67.5 Å². The third-order valence-corrected chi connectivity index (χ3v) is 22.2. The van der Waals surface area contributed by atoms with Crippen LogP contribution in [-0.2, 0) is 77.3 Å². The molecule has 0 radical (unpaired) electrons. The third kappa shape index (κ3) is 32.3. The number of nitrogens with zero attached hydrogens (tertiary/aromatic N) is 3. The molecule has 2 aliphatic heterocycles. The molecule has 632 valence electrons. The molecule has 2 heterocycles. The maximum absolute atomic E-state index is 14.2. The highest BCUT2D eigenvalue weighted by atomic mass is 35.5. The number of benzene rings is 6. The number of piperidine rings is 2. The van der Waals surface area contributed by atoms with Gasteiger partial charge < -0.3 is 54.4 Å². The van der Waals surface area contributed by atoms with Crippen molar-refractivity contribution in [2.45, 2.75) is 220 Å². The molecule has 2 saturated heterocycles. The molecule has 7 amide bonds. The van der Waals surface area contributed by atoms with E-state index >= 15 is 0 Å².